The molecule has 0 spiro atoms. The highest BCUT2D eigenvalue weighted by Crippen LogP contribution is 2.47. The molecule has 102 heavy (non-hydrogen) atoms. The highest BCUT2D eigenvalue weighted by atomic mass is 32.1. The third kappa shape index (κ3) is 10.9. The van der Waals surface area contributed by atoms with Crippen LogP contribution in [0.3, 0.4) is 0 Å². The number of rotatable bonds is 10. The van der Waals surface area contributed by atoms with Gasteiger partial charge in [0, 0.05) is 77.1 Å². The van der Waals surface area contributed by atoms with E-state index in [-0.39, 0.29) is 0 Å². The number of pyridine rings is 2. The second-order valence-electron chi connectivity index (χ2n) is 25.6. The van der Waals surface area contributed by atoms with E-state index in [1.54, 1.807) is 22.7 Å². The van der Waals surface area contributed by atoms with Crippen LogP contribution in [-0.2, 0) is 0 Å². The van der Waals surface area contributed by atoms with Crippen molar-refractivity contribution >= 4 is 106 Å². The van der Waals surface area contributed by atoms with Gasteiger partial charge in [0.1, 0.15) is 0 Å². The lowest BCUT2D eigenvalue weighted by Gasteiger charge is -2.17. The van der Waals surface area contributed by atoms with E-state index in [9.17, 15) is 0 Å². The van der Waals surface area contributed by atoms with Gasteiger partial charge in [0.15, 0.2) is 11.6 Å². The molecule has 0 aliphatic carbocycles. The zero-order chi connectivity index (χ0) is 67.5. The maximum Gasteiger partial charge on any atom is 0.161 e. The molecule has 0 saturated carbocycles. The van der Waals surface area contributed by atoms with E-state index in [2.05, 4.69) is 303 Å². The number of fused-ring (bicyclic) bond motifs is 12. The van der Waals surface area contributed by atoms with Crippen LogP contribution in [0.2, 0.25) is 0 Å². The smallest absolute Gasteiger partial charge is 0.161 e. The molecule has 8 heteroatoms. The average Bonchev–Trinajstić information content (AvgIpc) is 1.05. The molecule has 14 aromatic carbocycles. The Balaban J connectivity index is 0.000000141. The number of hydrogen-bond acceptors (Lipinski definition) is 8. The molecule has 0 N–H and O–H groups in total. The van der Waals surface area contributed by atoms with E-state index in [0.29, 0.717) is 11.6 Å². The second kappa shape index (κ2) is 25.7. The third-order valence-corrected chi connectivity index (χ3v) is 21.9. The number of nitrogens with zero attached hydrogens (tertiary/aromatic N) is 6. The van der Waals surface area contributed by atoms with Gasteiger partial charge >= 0.3 is 0 Å². The summed E-state index contributed by atoms with van der Waals surface area (Å²) in [5.41, 5.74) is 20.9. The van der Waals surface area contributed by atoms with Crippen molar-refractivity contribution in [3.63, 3.8) is 0 Å². The van der Waals surface area contributed by atoms with Crippen LogP contribution >= 0.6 is 22.7 Å². The van der Waals surface area contributed by atoms with Gasteiger partial charge in [-0.3, -0.25) is 9.97 Å². The van der Waals surface area contributed by atoms with Crippen LogP contribution in [0.5, 0.6) is 0 Å². The Labute approximate surface area is 596 Å². The van der Waals surface area contributed by atoms with Crippen molar-refractivity contribution < 1.29 is 0 Å². The summed E-state index contributed by atoms with van der Waals surface area (Å²) < 4.78 is 4.84. The Kier molecular flexibility index (Phi) is 15.2. The van der Waals surface area contributed by atoms with Crippen molar-refractivity contribution in [2.75, 3.05) is 0 Å². The summed E-state index contributed by atoms with van der Waals surface area (Å²) >= 11 is 3.59. The van der Waals surface area contributed by atoms with Gasteiger partial charge < -0.3 is 0 Å². The molecule has 6 heterocycles. The van der Waals surface area contributed by atoms with Gasteiger partial charge in [-0.25, -0.2) is 19.9 Å². The zero-order valence-electron chi connectivity index (χ0n) is 55.0. The average molecular weight is 1340 g/mol. The summed E-state index contributed by atoms with van der Waals surface area (Å²) in [6.45, 7) is 0. The van der Waals surface area contributed by atoms with Crippen molar-refractivity contribution in [1.82, 2.24) is 29.9 Å². The van der Waals surface area contributed by atoms with Crippen LogP contribution in [-0.4, -0.2) is 29.9 Å². The predicted molar refractivity (Wildman–Crippen MR) is 430 cm³/mol. The fraction of sp³-hybridized carbons (Fsp3) is 0. The lowest BCUT2D eigenvalue weighted by atomic mass is 9.88. The molecule has 0 saturated heterocycles. The molecule has 0 aliphatic heterocycles. The van der Waals surface area contributed by atoms with Crippen LogP contribution in [0.4, 0.5) is 0 Å². The number of benzene rings is 14. The second-order valence-corrected chi connectivity index (χ2v) is 27.7. The van der Waals surface area contributed by atoms with Crippen molar-refractivity contribution in [3.05, 3.63) is 352 Å². The summed E-state index contributed by atoms with van der Waals surface area (Å²) in [5.74, 6) is 1.38. The maximum atomic E-state index is 5.34. The third-order valence-electron chi connectivity index (χ3n) is 19.5. The van der Waals surface area contributed by atoms with Crippen molar-refractivity contribution in [2.24, 2.45) is 0 Å². The number of thiophene rings is 2. The fourth-order valence-corrected chi connectivity index (χ4v) is 17.0. The molecular weight excluding hydrogens is 1280 g/mol. The maximum absolute atomic E-state index is 5.34. The first-order valence-corrected chi connectivity index (χ1v) is 35.8. The molecule has 0 radical (unpaired) electrons. The van der Waals surface area contributed by atoms with Crippen LogP contribution in [0.1, 0.15) is 0 Å². The van der Waals surface area contributed by atoms with Crippen molar-refractivity contribution in [3.8, 4) is 112 Å². The van der Waals surface area contributed by atoms with Crippen LogP contribution in [0.15, 0.2) is 352 Å². The predicted octanol–water partition coefficient (Wildman–Crippen LogP) is 25.8. The monoisotopic (exact) mass is 1330 g/mol. The molecule has 0 amide bonds. The van der Waals surface area contributed by atoms with E-state index < -0.39 is 0 Å². The fourth-order valence-electron chi connectivity index (χ4n) is 14.6. The van der Waals surface area contributed by atoms with Gasteiger partial charge in [-0.15, -0.1) is 22.7 Å². The number of hydrogen-bond donors (Lipinski definition) is 0. The SMILES string of the molecule is c1ccc(-c2cc(-c3cc(-c4ccnc5c4sc4ccccc45)ccc3-c3cc4ccccc4c4ccccc34)nc(-c3ccccc3)n2)cc1.c1ccc(-c2cc(-c3ccccc3)nc(-c3cc(-c4ccnc5c4sc4ccccc45)ccc3-c3cc4ccccc4c4ccccc34)n2)cc1. The lowest BCUT2D eigenvalue weighted by Crippen LogP contribution is -1.98. The Hall–Kier alpha value is -13.0. The standard InChI is InChI=1S/2C47H29N3S/c1-3-13-30(14-4-1)42-29-43(50-47(49-42)31-15-5-2-6-16-31)41-28-33(35-25-26-48-45-39-21-11-12-22-44(39)51-46(35)45)23-24-38(41)40-27-32-17-7-8-18-34(32)36-19-9-10-20-37(36)40;1-3-13-30(14-4-1)42-29-43(31-15-5-2-6-16-31)50-47(49-42)41-28-33(35-25-26-48-45-39-21-11-12-22-44(39)51-46(35)45)23-24-38(41)40-27-32-17-7-8-18-34(32)36-19-9-10-20-37(36)40/h2*1-29H. The minimum Gasteiger partial charge on any atom is -0.255 e. The molecular formula is C94H58N6S2. The summed E-state index contributed by atoms with van der Waals surface area (Å²) in [4.78, 5) is 30.8. The van der Waals surface area contributed by atoms with E-state index in [4.69, 9.17) is 29.9 Å². The van der Waals surface area contributed by atoms with Gasteiger partial charge in [-0.1, -0.05) is 279 Å². The minimum absolute atomic E-state index is 0.686. The Bertz CT molecular complexity index is 6110. The molecule has 6 aromatic heterocycles. The Morgan fingerprint density at radius 1 is 0.196 bits per heavy atom. The van der Waals surface area contributed by atoms with Crippen molar-refractivity contribution in [2.45, 2.75) is 0 Å². The molecule has 0 aliphatic rings. The lowest BCUT2D eigenvalue weighted by molar-refractivity contribution is 1.18. The first kappa shape index (κ1) is 60.2. The Morgan fingerprint density at radius 2 is 0.549 bits per heavy atom. The molecule has 476 valence electrons. The molecule has 6 nitrogen and oxygen atoms in total. The number of aromatic nitrogens is 6. The van der Waals surface area contributed by atoms with Crippen molar-refractivity contribution in [1.29, 1.82) is 0 Å². The largest absolute Gasteiger partial charge is 0.255 e. The summed E-state index contributed by atoms with van der Waals surface area (Å²) in [6.07, 6.45) is 3.87. The topological polar surface area (TPSA) is 77.3 Å². The Morgan fingerprint density at radius 3 is 1.02 bits per heavy atom. The van der Waals surface area contributed by atoms with Crippen LogP contribution in [0.25, 0.3) is 196 Å². The first-order valence-electron chi connectivity index (χ1n) is 34.2. The molecule has 20 rings (SSSR count). The highest BCUT2D eigenvalue weighted by Gasteiger charge is 2.23. The molecule has 0 unspecified atom stereocenters. The summed E-state index contributed by atoms with van der Waals surface area (Å²) in [5, 5.41) is 12.1. The van der Waals surface area contributed by atoms with E-state index in [1.165, 1.54) is 78.2 Å². The minimum atomic E-state index is 0.686. The summed E-state index contributed by atoms with van der Waals surface area (Å²) in [7, 11) is 0. The van der Waals surface area contributed by atoms with Gasteiger partial charge in [0.05, 0.1) is 43.2 Å². The van der Waals surface area contributed by atoms with Gasteiger partial charge in [-0.2, -0.15) is 0 Å². The van der Waals surface area contributed by atoms with Crippen LogP contribution in [0, 0.1) is 0 Å². The normalized spacial score (nSPS) is 11.5. The van der Waals surface area contributed by atoms with Crippen LogP contribution < -0.4 is 0 Å². The molecule has 0 fully saturated rings. The van der Waals surface area contributed by atoms with E-state index in [0.717, 1.165) is 106 Å². The molecule has 20 aromatic rings. The van der Waals surface area contributed by atoms with Gasteiger partial charge in [-0.05, 0) is 137 Å². The zero-order valence-corrected chi connectivity index (χ0v) is 56.6. The molecule has 0 bridgehead atoms. The molecule has 0 atom stereocenters. The summed E-state index contributed by atoms with van der Waals surface area (Å²) in [6, 6.07) is 120. The van der Waals surface area contributed by atoms with Gasteiger partial charge in [0.2, 0.25) is 0 Å². The van der Waals surface area contributed by atoms with E-state index >= 15 is 0 Å². The van der Waals surface area contributed by atoms with E-state index in [1.807, 2.05) is 48.8 Å². The highest BCUT2D eigenvalue weighted by molar-refractivity contribution is 7.26. The van der Waals surface area contributed by atoms with Gasteiger partial charge in [0.25, 0.3) is 0 Å². The first-order chi connectivity index (χ1) is 50.6. The quantitative estimate of drug-likeness (QED) is 0.127.